The first kappa shape index (κ1) is 17.1. The Bertz CT molecular complexity index is 524. The highest BCUT2D eigenvalue weighted by molar-refractivity contribution is 5.25. The fourth-order valence-corrected chi connectivity index (χ4v) is 7.66. The van der Waals surface area contributed by atoms with Crippen molar-refractivity contribution in [1.82, 2.24) is 0 Å². The van der Waals surface area contributed by atoms with E-state index < -0.39 is 0 Å². The molecule has 3 fully saturated rings. The van der Waals surface area contributed by atoms with Crippen molar-refractivity contribution in [2.45, 2.75) is 84.3 Å². The van der Waals surface area contributed by atoms with Crippen LogP contribution in [-0.2, 0) is 4.74 Å². The molecule has 0 aromatic heterocycles. The summed E-state index contributed by atoms with van der Waals surface area (Å²) in [4.78, 5) is 0. The monoisotopic (exact) mass is 332 g/mol. The van der Waals surface area contributed by atoms with Crippen LogP contribution >= 0.6 is 0 Å². The molecule has 4 rings (SSSR count). The van der Waals surface area contributed by atoms with E-state index >= 15 is 0 Å². The maximum Gasteiger partial charge on any atom is 0.0608 e. The first-order chi connectivity index (χ1) is 11.4. The Hall–Kier alpha value is -0.340. The standard InChI is InChI=1S/C22H36O2/c1-14(23)18-7-8-19-17-6-5-15-13-16(24-4)9-11-21(15,2)20(17)10-12-22(18,19)3/h5,14,16-20,23H,6-13H2,1-4H3/t14-,16+,17?,18-,19?,20?,21+,22-/m1/s1. The summed E-state index contributed by atoms with van der Waals surface area (Å²) in [5.41, 5.74) is 2.50. The zero-order chi connectivity index (χ0) is 17.1. The van der Waals surface area contributed by atoms with Crippen LogP contribution in [-0.4, -0.2) is 24.4 Å². The number of hydrogen-bond donors (Lipinski definition) is 1. The quantitative estimate of drug-likeness (QED) is 0.724. The van der Waals surface area contributed by atoms with Crippen LogP contribution in [0.3, 0.4) is 0 Å². The third kappa shape index (κ3) is 2.28. The van der Waals surface area contributed by atoms with E-state index in [1.807, 2.05) is 14.0 Å². The van der Waals surface area contributed by atoms with Gasteiger partial charge in [-0.3, -0.25) is 0 Å². The highest BCUT2D eigenvalue weighted by atomic mass is 16.5. The molecule has 24 heavy (non-hydrogen) atoms. The number of aliphatic hydroxyl groups excluding tert-OH is 1. The lowest BCUT2D eigenvalue weighted by molar-refractivity contribution is -0.0696. The minimum Gasteiger partial charge on any atom is -0.393 e. The number of methoxy groups -OCH3 is 1. The van der Waals surface area contributed by atoms with Gasteiger partial charge in [-0.05, 0) is 92.8 Å². The molecule has 2 heteroatoms. The lowest BCUT2D eigenvalue weighted by atomic mass is 9.47. The Kier molecular flexibility index (Phi) is 4.16. The Balaban J connectivity index is 1.62. The van der Waals surface area contributed by atoms with Gasteiger partial charge in [0.05, 0.1) is 12.2 Å². The third-order valence-electron chi connectivity index (χ3n) is 9.05. The number of aliphatic hydroxyl groups is 1. The number of ether oxygens (including phenoxy) is 1. The van der Waals surface area contributed by atoms with Crippen LogP contribution < -0.4 is 0 Å². The summed E-state index contributed by atoms with van der Waals surface area (Å²) in [5.74, 6) is 3.05. The summed E-state index contributed by atoms with van der Waals surface area (Å²) in [7, 11) is 1.88. The van der Waals surface area contributed by atoms with Gasteiger partial charge in [-0.1, -0.05) is 25.5 Å². The smallest absolute Gasteiger partial charge is 0.0608 e. The molecule has 136 valence electrons. The molecule has 4 aliphatic rings. The van der Waals surface area contributed by atoms with Crippen LogP contribution in [0.15, 0.2) is 11.6 Å². The molecule has 1 N–H and O–H groups in total. The number of hydrogen-bond acceptors (Lipinski definition) is 2. The highest BCUT2D eigenvalue weighted by Crippen LogP contribution is 2.66. The van der Waals surface area contributed by atoms with E-state index in [4.69, 9.17) is 4.74 Å². The van der Waals surface area contributed by atoms with Gasteiger partial charge >= 0.3 is 0 Å². The van der Waals surface area contributed by atoms with Gasteiger partial charge in [0.2, 0.25) is 0 Å². The van der Waals surface area contributed by atoms with Gasteiger partial charge < -0.3 is 9.84 Å². The molecule has 0 radical (unpaired) electrons. The van der Waals surface area contributed by atoms with E-state index in [2.05, 4.69) is 19.9 Å². The molecular weight excluding hydrogens is 296 g/mol. The summed E-state index contributed by atoms with van der Waals surface area (Å²) in [6, 6.07) is 0. The second-order valence-electron chi connectivity index (χ2n) is 9.83. The normalized spacial score (nSPS) is 52.0. The van der Waals surface area contributed by atoms with Crippen molar-refractivity contribution in [3.8, 4) is 0 Å². The van der Waals surface area contributed by atoms with Gasteiger partial charge in [0, 0.05) is 7.11 Å². The van der Waals surface area contributed by atoms with Gasteiger partial charge in [0.25, 0.3) is 0 Å². The number of fused-ring (bicyclic) bond motifs is 5. The van der Waals surface area contributed by atoms with E-state index in [1.54, 1.807) is 5.57 Å². The van der Waals surface area contributed by atoms with E-state index in [-0.39, 0.29) is 6.10 Å². The Morgan fingerprint density at radius 1 is 1.12 bits per heavy atom. The molecule has 0 aromatic carbocycles. The maximum absolute atomic E-state index is 10.3. The first-order valence-corrected chi connectivity index (χ1v) is 10.3. The van der Waals surface area contributed by atoms with E-state index in [0.717, 1.165) is 24.2 Å². The Morgan fingerprint density at radius 3 is 2.62 bits per heavy atom. The van der Waals surface area contributed by atoms with Crippen molar-refractivity contribution in [3.63, 3.8) is 0 Å². The van der Waals surface area contributed by atoms with Crippen LogP contribution in [0.4, 0.5) is 0 Å². The lowest BCUT2D eigenvalue weighted by Crippen LogP contribution is -2.51. The van der Waals surface area contributed by atoms with E-state index in [1.165, 1.54) is 44.9 Å². The zero-order valence-electron chi connectivity index (χ0n) is 16.1. The summed E-state index contributed by atoms with van der Waals surface area (Å²) in [6.07, 6.45) is 13.2. The summed E-state index contributed by atoms with van der Waals surface area (Å²) < 4.78 is 5.68. The average Bonchev–Trinajstić information content (AvgIpc) is 2.91. The van der Waals surface area contributed by atoms with Crippen LogP contribution in [0.1, 0.15) is 72.1 Å². The minimum absolute atomic E-state index is 0.140. The van der Waals surface area contributed by atoms with E-state index in [9.17, 15) is 5.11 Å². The van der Waals surface area contributed by atoms with E-state index in [0.29, 0.717) is 22.9 Å². The average molecular weight is 333 g/mol. The summed E-state index contributed by atoms with van der Waals surface area (Å²) in [6.45, 7) is 7.09. The fraction of sp³-hybridized carbons (Fsp3) is 0.909. The highest BCUT2D eigenvalue weighted by Gasteiger charge is 2.59. The molecule has 2 nitrogen and oxygen atoms in total. The van der Waals surface area contributed by atoms with Gasteiger partial charge in [0.1, 0.15) is 0 Å². The molecule has 0 aliphatic heterocycles. The predicted octanol–water partition coefficient (Wildman–Crippen LogP) is 4.96. The topological polar surface area (TPSA) is 29.5 Å². The fourth-order valence-electron chi connectivity index (χ4n) is 7.66. The molecule has 0 aromatic rings. The second kappa shape index (κ2) is 5.84. The minimum atomic E-state index is -0.140. The van der Waals surface area contributed by atoms with Crippen molar-refractivity contribution in [3.05, 3.63) is 11.6 Å². The zero-order valence-corrected chi connectivity index (χ0v) is 16.1. The molecule has 8 atom stereocenters. The molecular formula is C22H36O2. The SMILES string of the molecule is CO[C@H]1CC[C@@]2(C)C(=CCC3C2CC[C@@]2(C)C3CC[C@@H]2[C@@H](C)O)C1. The molecule has 0 bridgehead atoms. The second-order valence-corrected chi connectivity index (χ2v) is 9.83. The predicted molar refractivity (Wildman–Crippen MR) is 97.7 cm³/mol. The van der Waals surface area contributed by atoms with Crippen molar-refractivity contribution in [1.29, 1.82) is 0 Å². The van der Waals surface area contributed by atoms with Crippen LogP contribution in [0.25, 0.3) is 0 Å². The van der Waals surface area contributed by atoms with Gasteiger partial charge in [-0.15, -0.1) is 0 Å². The molecule has 0 amide bonds. The Morgan fingerprint density at radius 2 is 1.92 bits per heavy atom. The number of rotatable bonds is 2. The molecule has 0 spiro atoms. The van der Waals surface area contributed by atoms with Crippen LogP contribution in [0.2, 0.25) is 0 Å². The largest absolute Gasteiger partial charge is 0.393 e. The molecule has 0 heterocycles. The Labute approximate surface area is 148 Å². The van der Waals surface area contributed by atoms with Crippen molar-refractivity contribution in [2.75, 3.05) is 7.11 Å². The summed E-state index contributed by atoms with van der Waals surface area (Å²) in [5, 5.41) is 10.3. The first-order valence-electron chi connectivity index (χ1n) is 10.3. The lowest BCUT2D eigenvalue weighted by Gasteiger charge is -2.58. The van der Waals surface area contributed by atoms with Crippen LogP contribution in [0, 0.1) is 34.5 Å². The van der Waals surface area contributed by atoms with Crippen LogP contribution in [0.5, 0.6) is 0 Å². The maximum atomic E-state index is 10.3. The molecule has 4 aliphatic carbocycles. The van der Waals surface area contributed by atoms with Gasteiger partial charge in [-0.25, -0.2) is 0 Å². The summed E-state index contributed by atoms with van der Waals surface area (Å²) >= 11 is 0. The third-order valence-corrected chi connectivity index (χ3v) is 9.05. The van der Waals surface area contributed by atoms with Crippen molar-refractivity contribution < 1.29 is 9.84 Å². The van der Waals surface area contributed by atoms with Gasteiger partial charge in [-0.2, -0.15) is 0 Å². The number of allylic oxidation sites excluding steroid dienone is 1. The molecule has 0 saturated heterocycles. The molecule has 3 unspecified atom stereocenters. The van der Waals surface area contributed by atoms with Crippen molar-refractivity contribution in [2.24, 2.45) is 34.5 Å². The van der Waals surface area contributed by atoms with Crippen molar-refractivity contribution >= 4 is 0 Å². The molecule has 3 saturated carbocycles. The van der Waals surface area contributed by atoms with Gasteiger partial charge in [0.15, 0.2) is 0 Å².